The molecule has 0 aromatic carbocycles. The van der Waals surface area contributed by atoms with Crippen LogP contribution in [0.25, 0.3) is 5.95 Å². The fourth-order valence-electron chi connectivity index (χ4n) is 1.52. The Morgan fingerprint density at radius 1 is 1.40 bits per heavy atom. The molecule has 0 fully saturated rings. The molecule has 8 heteroatoms. The molecule has 0 spiro atoms. The number of nitrogens with two attached hydrogens (primary N) is 1. The molecule has 0 amide bonds. The fraction of sp³-hybridized carbons (Fsp3) is 0.333. The lowest BCUT2D eigenvalue weighted by atomic mass is 10.4. The van der Waals surface area contributed by atoms with E-state index in [1.165, 1.54) is 17.1 Å². The van der Waals surface area contributed by atoms with Crippen molar-refractivity contribution in [2.24, 2.45) is 0 Å². The van der Waals surface area contributed by atoms with Gasteiger partial charge in [-0.2, -0.15) is 10.1 Å². The summed E-state index contributed by atoms with van der Waals surface area (Å²) >= 11 is 0. The molecule has 2 N–H and O–H groups in total. The number of hydrogen-bond donors (Lipinski definition) is 1. The van der Waals surface area contributed by atoms with E-state index in [1.807, 2.05) is 6.92 Å². The highest BCUT2D eigenvalue weighted by atomic mass is 16.5. The third-order valence-electron chi connectivity index (χ3n) is 2.33. The summed E-state index contributed by atoms with van der Waals surface area (Å²) < 4.78 is 11.4. The molecule has 0 bridgehead atoms. The Morgan fingerprint density at radius 2 is 2.20 bits per heavy atom. The molecule has 20 heavy (non-hydrogen) atoms. The van der Waals surface area contributed by atoms with Crippen molar-refractivity contribution in [3.05, 3.63) is 24.2 Å². The van der Waals surface area contributed by atoms with Crippen LogP contribution in [0.5, 0.6) is 5.88 Å². The Bertz CT molecular complexity index is 611. The summed E-state index contributed by atoms with van der Waals surface area (Å²) in [6, 6.07) is 1.63. The number of ether oxygens (including phenoxy) is 2. The predicted molar refractivity (Wildman–Crippen MR) is 70.7 cm³/mol. The van der Waals surface area contributed by atoms with Gasteiger partial charge in [0.05, 0.1) is 25.1 Å². The second-order valence-electron chi connectivity index (χ2n) is 3.73. The molecule has 0 saturated heterocycles. The minimum absolute atomic E-state index is 0.0391. The van der Waals surface area contributed by atoms with Gasteiger partial charge in [0.15, 0.2) is 5.69 Å². The van der Waals surface area contributed by atoms with Gasteiger partial charge in [0.25, 0.3) is 5.95 Å². The SMILES string of the molecule is CCOC(=O)c1nn(-c2nccc(OCC)n2)cc1N. The van der Waals surface area contributed by atoms with E-state index in [9.17, 15) is 4.79 Å². The highest BCUT2D eigenvalue weighted by molar-refractivity contribution is 5.92. The second-order valence-corrected chi connectivity index (χ2v) is 3.73. The minimum Gasteiger partial charge on any atom is -0.478 e. The van der Waals surface area contributed by atoms with Crippen LogP contribution >= 0.6 is 0 Å². The van der Waals surface area contributed by atoms with Gasteiger partial charge >= 0.3 is 5.97 Å². The zero-order valence-corrected chi connectivity index (χ0v) is 11.2. The molecule has 2 heterocycles. The van der Waals surface area contributed by atoms with Crippen molar-refractivity contribution in [2.75, 3.05) is 18.9 Å². The average Bonchev–Trinajstić information content (AvgIpc) is 2.82. The molecular formula is C12H15N5O3. The van der Waals surface area contributed by atoms with Gasteiger partial charge in [0.1, 0.15) is 0 Å². The lowest BCUT2D eigenvalue weighted by Gasteiger charge is -2.03. The molecule has 106 valence electrons. The van der Waals surface area contributed by atoms with E-state index in [0.29, 0.717) is 12.5 Å². The summed E-state index contributed by atoms with van der Waals surface area (Å²) in [5.41, 5.74) is 5.98. The van der Waals surface area contributed by atoms with Crippen LogP contribution in [0, 0.1) is 0 Å². The minimum atomic E-state index is -0.579. The Balaban J connectivity index is 2.31. The third kappa shape index (κ3) is 2.85. The first-order valence-electron chi connectivity index (χ1n) is 6.14. The van der Waals surface area contributed by atoms with Gasteiger partial charge < -0.3 is 15.2 Å². The Labute approximate surface area is 115 Å². The maximum atomic E-state index is 11.6. The van der Waals surface area contributed by atoms with Crippen LogP contribution in [0.2, 0.25) is 0 Å². The number of hydrogen-bond acceptors (Lipinski definition) is 7. The Morgan fingerprint density at radius 3 is 2.90 bits per heavy atom. The smallest absolute Gasteiger partial charge is 0.361 e. The summed E-state index contributed by atoms with van der Waals surface area (Å²) in [7, 11) is 0. The molecule has 0 atom stereocenters. The summed E-state index contributed by atoms with van der Waals surface area (Å²) in [6.07, 6.45) is 2.99. The van der Waals surface area contributed by atoms with Crippen molar-refractivity contribution in [3.8, 4) is 11.8 Å². The quantitative estimate of drug-likeness (QED) is 0.806. The van der Waals surface area contributed by atoms with Crippen LogP contribution in [0.3, 0.4) is 0 Å². The molecule has 0 aliphatic rings. The fourth-order valence-corrected chi connectivity index (χ4v) is 1.52. The number of esters is 1. The number of anilines is 1. The summed E-state index contributed by atoms with van der Waals surface area (Å²) in [4.78, 5) is 19.8. The van der Waals surface area contributed by atoms with Crippen molar-refractivity contribution in [1.82, 2.24) is 19.7 Å². The van der Waals surface area contributed by atoms with Gasteiger partial charge in [0, 0.05) is 12.3 Å². The van der Waals surface area contributed by atoms with Crippen LogP contribution in [0.15, 0.2) is 18.5 Å². The standard InChI is InChI=1S/C12H15N5O3/c1-3-19-9-5-6-14-12(15-9)17-7-8(13)10(16-17)11(18)20-4-2/h5-7H,3-4,13H2,1-2H3. The highest BCUT2D eigenvalue weighted by Crippen LogP contribution is 2.14. The average molecular weight is 277 g/mol. The van der Waals surface area contributed by atoms with E-state index < -0.39 is 5.97 Å². The van der Waals surface area contributed by atoms with E-state index in [1.54, 1.807) is 13.0 Å². The molecule has 8 nitrogen and oxygen atoms in total. The molecule has 0 saturated carbocycles. The number of aromatic nitrogens is 4. The van der Waals surface area contributed by atoms with Crippen molar-refractivity contribution in [2.45, 2.75) is 13.8 Å². The lowest BCUT2D eigenvalue weighted by molar-refractivity contribution is 0.0520. The highest BCUT2D eigenvalue weighted by Gasteiger charge is 2.17. The first-order valence-corrected chi connectivity index (χ1v) is 6.14. The zero-order chi connectivity index (χ0) is 14.5. The molecular weight excluding hydrogens is 262 g/mol. The molecule has 2 rings (SSSR count). The van der Waals surface area contributed by atoms with Crippen LogP contribution in [-0.4, -0.2) is 38.9 Å². The van der Waals surface area contributed by atoms with Gasteiger partial charge in [-0.25, -0.2) is 14.5 Å². The van der Waals surface area contributed by atoms with Crippen LogP contribution in [-0.2, 0) is 4.74 Å². The molecule has 0 unspecified atom stereocenters. The van der Waals surface area contributed by atoms with Crippen LogP contribution < -0.4 is 10.5 Å². The van der Waals surface area contributed by atoms with Crippen molar-refractivity contribution >= 4 is 11.7 Å². The molecule has 0 aliphatic heterocycles. The summed E-state index contributed by atoms with van der Waals surface area (Å²) in [5, 5.41) is 4.04. The van der Waals surface area contributed by atoms with E-state index in [2.05, 4.69) is 15.1 Å². The molecule has 2 aromatic heterocycles. The number of rotatable bonds is 5. The van der Waals surface area contributed by atoms with Crippen LogP contribution in [0.1, 0.15) is 24.3 Å². The first kappa shape index (κ1) is 13.8. The Kier molecular flexibility index (Phi) is 4.14. The number of carbonyl (C=O) groups excluding carboxylic acids is 1. The van der Waals surface area contributed by atoms with Gasteiger partial charge in [-0.3, -0.25) is 0 Å². The zero-order valence-electron chi connectivity index (χ0n) is 11.2. The maximum Gasteiger partial charge on any atom is 0.361 e. The monoisotopic (exact) mass is 277 g/mol. The van der Waals surface area contributed by atoms with Crippen molar-refractivity contribution < 1.29 is 14.3 Å². The summed E-state index contributed by atoms with van der Waals surface area (Å²) in [5.74, 6) is 0.104. The third-order valence-corrected chi connectivity index (χ3v) is 2.33. The summed E-state index contributed by atoms with van der Waals surface area (Å²) in [6.45, 7) is 4.31. The van der Waals surface area contributed by atoms with E-state index >= 15 is 0 Å². The van der Waals surface area contributed by atoms with Crippen molar-refractivity contribution in [1.29, 1.82) is 0 Å². The first-order chi connectivity index (χ1) is 9.65. The number of carbonyl (C=O) groups is 1. The molecule has 0 radical (unpaired) electrons. The van der Waals surface area contributed by atoms with E-state index in [-0.39, 0.29) is 23.9 Å². The van der Waals surface area contributed by atoms with Gasteiger partial charge in [0.2, 0.25) is 5.88 Å². The van der Waals surface area contributed by atoms with E-state index in [0.717, 1.165) is 0 Å². The molecule has 2 aromatic rings. The number of nitrogen functional groups attached to an aromatic ring is 1. The molecule has 0 aliphatic carbocycles. The maximum absolute atomic E-state index is 11.6. The topological polar surface area (TPSA) is 105 Å². The van der Waals surface area contributed by atoms with Gasteiger partial charge in [-0.15, -0.1) is 0 Å². The van der Waals surface area contributed by atoms with Crippen molar-refractivity contribution in [3.63, 3.8) is 0 Å². The predicted octanol–water partition coefficient (Wildman–Crippen LogP) is 0.820. The largest absolute Gasteiger partial charge is 0.478 e. The Hall–Kier alpha value is -2.64. The lowest BCUT2D eigenvalue weighted by Crippen LogP contribution is -2.09. The normalized spacial score (nSPS) is 10.3. The van der Waals surface area contributed by atoms with Gasteiger partial charge in [-0.1, -0.05) is 0 Å². The van der Waals surface area contributed by atoms with Gasteiger partial charge in [-0.05, 0) is 13.8 Å². The second kappa shape index (κ2) is 6.00. The van der Waals surface area contributed by atoms with Crippen LogP contribution in [0.4, 0.5) is 5.69 Å². The number of nitrogens with zero attached hydrogens (tertiary/aromatic N) is 4. The van der Waals surface area contributed by atoms with E-state index in [4.69, 9.17) is 15.2 Å².